The number of benzene rings is 1. The monoisotopic (exact) mass is 408 g/mol. The van der Waals surface area contributed by atoms with E-state index in [-0.39, 0.29) is 0 Å². The van der Waals surface area contributed by atoms with Crippen LogP contribution in [0.1, 0.15) is 16.8 Å². The fourth-order valence-electron chi connectivity index (χ4n) is 3.06. The Balaban J connectivity index is 1.61. The van der Waals surface area contributed by atoms with Crippen LogP contribution in [0.25, 0.3) is 11.4 Å². The van der Waals surface area contributed by atoms with Gasteiger partial charge in [0, 0.05) is 42.5 Å². The molecule has 4 aromatic rings. The van der Waals surface area contributed by atoms with Gasteiger partial charge in [-0.1, -0.05) is 11.6 Å². The third kappa shape index (κ3) is 3.93. The van der Waals surface area contributed by atoms with Crippen LogP contribution in [0.5, 0.6) is 0 Å². The Hall–Kier alpha value is -3.39. The van der Waals surface area contributed by atoms with Crippen molar-refractivity contribution in [1.82, 2.24) is 29.7 Å². The van der Waals surface area contributed by atoms with Crippen LogP contribution >= 0.6 is 11.6 Å². The highest BCUT2D eigenvalue weighted by atomic mass is 35.5. The van der Waals surface area contributed by atoms with Crippen molar-refractivity contribution in [2.45, 2.75) is 20.8 Å². The molecule has 0 bridgehead atoms. The van der Waals surface area contributed by atoms with Crippen LogP contribution in [0.15, 0.2) is 36.8 Å². The lowest BCUT2D eigenvalue weighted by molar-refractivity contribution is 0.923. The second kappa shape index (κ2) is 7.56. The van der Waals surface area contributed by atoms with Crippen molar-refractivity contribution < 1.29 is 0 Å². The first kappa shape index (κ1) is 18.9. The number of aryl methyl sites for hydroxylation is 4. The first-order valence-corrected chi connectivity index (χ1v) is 9.46. The SMILES string of the molecule is Cc1cc(Nc2nc(Nc3cc(C)c(-c4nccn4C)cc3C)ncc2Cl)n[nH]1. The number of imidazole rings is 1. The summed E-state index contributed by atoms with van der Waals surface area (Å²) in [7, 11) is 1.99. The van der Waals surface area contributed by atoms with Gasteiger partial charge in [0.05, 0.1) is 6.20 Å². The second-order valence-electron chi connectivity index (χ2n) is 6.92. The van der Waals surface area contributed by atoms with Gasteiger partial charge < -0.3 is 15.2 Å². The molecule has 29 heavy (non-hydrogen) atoms. The molecule has 3 N–H and O–H groups in total. The van der Waals surface area contributed by atoms with Gasteiger partial charge in [0.25, 0.3) is 0 Å². The average molecular weight is 409 g/mol. The predicted octanol–water partition coefficient (Wildman–Crippen LogP) is 4.67. The number of nitrogens with one attached hydrogen (secondary N) is 3. The lowest BCUT2D eigenvalue weighted by Gasteiger charge is -2.14. The topological polar surface area (TPSA) is 96.3 Å². The Kier molecular flexibility index (Phi) is 4.94. The van der Waals surface area contributed by atoms with E-state index in [1.54, 1.807) is 12.4 Å². The molecular formula is C20H21ClN8. The van der Waals surface area contributed by atoms with Crippen LogP contribution in [0, 0.1) is 20.8 Å². The van der Waals surface area contributed by atoms with E-state index in [1.807, 2.05) is 37.7 Å². The third-order valence-corrected chi connectivity index (χ3v) is 4.85. The number of nitrogens with zero attached hydrogens (tertiary/aromatic N) is 5. The highest BCUT2D eigenvalue weighted by molar-refractivity contribution is 6.32. The van der Waals surface area contributed by atoms with Gasteiger partial charge in [0.15, 0.2) is 11.6 Å². The van der Waals surface area contributed by atoms with Gasteiger partial charge >= 0.3 is 0 Å². The molecule has 3 aromatic heterocycles. The van der Waals surface area contributed by atoms with E-state index >= 15 is 0 Å². The van der Waals surface area contributed by atoms with Crippen LogP contribution in [0.3, 0.4) is 0 Å². The minimum Gasteiger partial charge on any atom is -0.334 e. The van der Waals surface area contributed by atoms with Crippen LogP contribution in [0.2, 0.25) is 5.02 Å². The molecule has 0 amide bonds. The number of rotatable bonds is 5. The molecule has 9 heteroatoms. The van der Waals surface area contributed by atoms with E-state index in [2.05, 4.69) is 54.8 Å². The van der Waals surface area contributed by atoms with Crippen LogP contribution in [-0.2, 0) is 7.05 Å². The summed E-state index contributed by atoms with van der Waals surface area (Å²) in [6.45, 7) is 6.02. The summed E-state index contributed by atoms with van der Waals surface area (Å²) in [6.07, 6.45) is 5.30. The maximum absolute atomic E-state index is 6.24. The molecule has 0 aliphatic rings. The molecule has 4 rings (SSSR count). The maximum Gasteiger partial charge on any atom is 0.229 e. The lowest BCUT2D eigenvalue weighted by atomic mass is 10.0. The van der Waals surface area contributed by atoms with Gasteiger partial charge in [-0.25, -0.2) is 9.97 Å². The molecular weight excluding hydrogens is 388 g/mol. The zero-order chi connectivity index (χ0) is 20.5. The highest BCUT2D eigenvalue weighted by Crippen LogP contribution is 2.30. The van der Waals surface area contributed by atoms with Crippen molar-refractivity contribution in [3.05, 3.63) is 58.6 Å². The van der Waals surface area contributed by atoms with E-state index in [4.69, 9.17) is 11.6 Å². The molecule has 148 valence electrons. The van der Waals surface area contributed by atoms with E-state index in [9.17, 15) is 0 Å². The van der Waals surface area contributed by atoms with Gasteiger partial charge in [-0.15, -0.1) is 0 Å². The van der Waals surface area contributed by atoms with Gasteiger partial charge in [-0.05, 0) is 44.0 Å². The van der Waals surface area contributed by atoms with Crippen LogP contribution < -0.4 is 10.6 Å². The Morgan fingerprint density at radius 2 is 1.86 bits per heavy atom. The summed E-state index contributed by atoms with van der Waals surface area (Å²) in [4.78, 5) is 13.2. The average Bonchev–Trinajstić information content (AvgIpc) is 3.28. The van der Waals surface area contributed by atoms with Crippen molar-refractivity contribution in [3.8, 4) is 11.4 Å². The lowest BCUT2D eigenvalue weighted by Crippen LogP contribution is -2.03. The summed E-state index contributed by atoms with van der Waals surface area (Å²) >= 11 is 6.24. The number of hydrogen-bond donors (Lipinski definition) is 3. The van der Waals surface area contributed by atoms with Crippen LogP contribution in [0.4, 0.5) is 23.3 Å². The summed E-state index contributed by atoms with van der Waals surface area (Å²) in [5.41, 5.74) is 5.12. The standard InChI is InChI=1S/C20H21ClN8/c1-11-8-16(12(2)7-14(11)19-22-5-6-29(19)4)24-20-23-10-15(21)18(26-20)25-17-9-13(3)27-28-17/h5-10H,1-4H3,(H3,23,24,25,26,27,28). The molecule has 0 spiro atoms. The summed E-state index contributed by atoms with van der Waals surface area (Å²) in [6, 6.07) is 6.05. The molecule has 0 radical (unpaired) electrons. The summed E-state index contributed by atoms with van der Waals surface area (Å²) in [5.74, 6) is 2.49. The van der Waals surface area contributed by atoms with Gasteiger partial charge in [-0.3, -0.25) is 5.10 Å². The molecule has 0 unspecified atom stereocenters. The van der Waals surface area contributed by atoms with Crippen LogP contribution in [-0.4, -0.2) is 29.7 Å². The maximum atomic E-state index is 6.24. The van der Waals surface area contributed by atoms with Crippen molar-refractivity contribution >= 4 is 34.9 Å². The minimum absolute atomic E-state index is 0.411. The number of halogens is 1. The molecule has 1 aromatic carbocycles. The Morgan fingerprint density at radius 1 is 1.03 bits per heavy atom. The third-order valence-electron chi connectivity index (χ3n) is 4.58. The number of anilines is 4. The van der Waals surface area contributed by atoms with Gasteiger partial charge in [0.2, 0.25) is 5.95 Å². The van der Waals surface area contributed by atoms with Crippen molar-refractivity contribution in [1.29, 1.82) is 0 Å². The first-order valence-electron chi connectivity index (χ1n) is 9.08. The smallest absolute Gasteiger partial charge is 0.229 e. The van der Waals surface area contributed by atoms with Crippen molar-refractivity contribution in [2.24, 2.45) is 7.05 Å². The van der Waals surface area contributed by atoms with E-state index < -0.39 is 0 Å². The number of hydrogen-bond acceptors (Lipinski definition) is 6. The molecule has 0 atom stereocenters. The Morgan fingerprint density at radius 3 is 2.55 bits per heavy atom. The number of H-pyrrole nitrogens is 1. The van der Waals surface area contributed by atoms with Gasteiger partial charge in [0.1, 0.15) is 10.8 Å². The molecule has 8 nitrogen and oxygen atoms in total. The normalized spacial score (nSPS) is 10.9. The molecule has 0 aliphatic carbocycles. The Labute approximate surface area is 173 Å². The highest BCUT2D eigenvalue weighted by Gasteiger charge is 2.12. The predicted molar refractivity (Wildman–Crippen MR) is 115 cm³/mol. The van der Waals surface area contributed by atoms with E-state index in [0.717, 1.165) is 33.9 Å². The first-order chi connectivity index (χ1) is 13.9. The molecule has 0 saturated heterocycles. The zero-order valence-electron chi connectivity index (χ0n) is 16.6. The fraction of sp³-hybridized carbons (Fsp3) is 0.200. The largest absolute Gasteiger partial charge is 0.334 e. The molecule has 0 saturated carbocycles. The second-order valence-corrected chi connectivity index (χ2v) is 7.33. The number of aromatic amines is 1. The molecule has 0 aliphatic heterocycles. The van der Waals surface area contributed by atoms with E-state index in [1.165, 1.54) is 0 Å². The summed E-state index contributed by atoms with van der Waals surface area (Å²) < 4.78 is 2.01. The van der Waals surface area contributed by atoms with E-state index in [0.29, 0.717) is 22.6 Å². The zero-order valence-corrected chi connectivity index (χ0v) is 17.3. The fourth-order valence-corrected chi connectivity index (χ4v) is 3.19. The minimum atomic E-state index is 0.411. The van der Waals surface area contributed by atoms with Crippen molar-refractivity contribution in [2.75, 3.05) is 10.6 Å². The summed E-state index contributed by atoms with van der Waals surface area (Å²) in [5, 5.41) is 13.8. The molecule has 0 fully saturated rings. The van der Waals surface area contributed by atoms with Crippen molar-refractivity contribution in [3.63, 3.8) is 0 Å². The van der Waals surface area contributed by atoms with Gasteiger partial charge in [-0.2, -0.15) is 10.1 Å². The Bertz CT molecular complexity index is 1180. The molecule has 3 heterocycles. The number of aromatic nitrogens is 6. The quantitative estimate of drug-likeness (QED) is 0.444.